The van der Waals surface area contributed by atoms with Crippen molar-refractivity contribution in [1.82, 2.24) is 4.90 Å². The zero-order valence-electron chi connectivity index (χ0n) is 9.30. The van der Waals surface area contributed by atoms with E-state index >= 15 is 0 Å². The van der Waals surface area contributed by atoms with Gasteiger partial charge < -0.3 is 4.74 Å². The Balaban J connectivity index is 2.70. The quantitative estimate of drug-likeness (QED) is 0.666. The van der Waals surface area contributed by atoms with E-state index in [0.717, 1.165) is 6.42 Å². The number of carbonyl (C=O) groups excluding carboxylic acids is 1. The van der Waals surface area contributed by atoms with Crippen LogP contribution >= 0.6 is 0 Å². The smallest absolute Gasteiger partial charge is 0.411 e. The van der Waals surface area contributed by atoms with Gasteiger partial charge in [0.15, 0.2) is 6.04 Å². The maximum Gasteiger partial charge on any atom is 0.411 e. The molecule has 0 aromatic heterocycles. The molecule has 0 aliphatic carbocycles. The highest BCUT2D eigenvalue weighted by atomic mass is 16.6. The van der Waals surface area contributed by atoms with Crippen molar-refractivity contribution >= 4 is 6.09 Å². The minimum absolute atomic E-state index is 0.166. The van der Waals surface area contributed by atoms with E-state index in [9.17, 15) is 4.79 Å². The van der Waals surface area contributed by atoms with Crippen molar-refractivity contribution in [3.63, 3.8) is 0 Å². The fourth-order valence-electron chi connectivity index (χ4n) is 1.67. The molecule has 0 bridgehead atoms. The maximum atomic E-state index is 11.3. The second-order valence-electron chi connectivity index (χ2n) is 3.82. The zero-order chi connectivity index (χ0) is 11.4. The number of cyclic esters (lactones) is 1. The molecule has 3 atom stereocenters. The number of rotatable bonds is 3. The number of hydrogen-bond donors (Lipinski definition) is 0. The molecule has 82 valence electrons. The van der Waals surface area contributed by atoms with Crippen molar-refractivity contribution in [3.8, 4) is 6.07 Å². The minimum atomic E-state index is -0.460. The molecule has 0 N–H and O–H groups in total. The molecule has 0 saturated carbocycles. The van der Waals surface area contributed by atoms with E-state index in [0.29, 0.717) is 0 Å². The van der Waals surface area contributed by atoms with E-state index in [4.69, 9.17) is 10.00 Å². The summed E-state index contributed by atoms with van der Waals surface area (Å²) in [5.74, 6) is 0.166. The molecule has 1 aliphatic heterocycles. The lowest BCUT2D eigenvalue weighted by Gasteiger charge is -2.19. The van der Waals surface area contributed by atoms with Gasteiger partial charge in [-0.2, -0.15) is 5.26 Å². The third-order valence-electron chi connectivity index (χ3n) is 2.69. The Morgan fingerprint density at radius 2 is 2.40 bits per heavy atom. The Labute approximate surface area is 90.1 Å². The summed E-state index contributed by atoms with van der Waals surface area (Å²) in [6.45, 7) is 3.93. The van der Waals surface area contributed by atoms with Crippen LogP contribution in [0.5, 0.6) is 0 Å². The van der Waals surface area contributed by atoms with Gasteiger partial charge in [-0.25, -0.2) is 4.79 Å². The van der Waals surface area contributed by atoms with Crippen molar-refractivity contribution in [2.45, 2.75) is 32.4 Å². The van der Waals surface area contributed by atoms with Gasteiger partial charge in [0, 0.05) is 7.05 Å². The molecular formula is C11H16N2O2. The standard InChI is InChI=1S/C11H16N2O2/c1-4-5-6-8(2)10-9(7-12)13(3)11(14)15-10/h4-5,8-10H,6H2,1-3H3/b5-4+/t8-,9-,10-/m1/s1. The Morgan fingerprint density at radius 1 is 1.73 bits per heavy atom. The Bertz CT molecular complexity index is 306. The summed E-state index contributed by atoms with van der Waals surface area (Å²) < 4.78 is 5.17. The van der Waals surface area contributed by atoms with Crippen LogP contribution in [-0.4, -0.2) is 30.2 Å². The monoisotopic (exact) mass is 208 g/mol. The molecule has 0 aromatic rings. The molecule has 1 amide bonds. The molecule has 0 radical (unpaired) electrons. The topological polar surface area (TPSA) is 53.3 Å². The summed E-state index contributed by atoms with van der Waals surface area (Å²) in [5.41, 5.74) is 0. The van der Waals surface area contributed by atoms with Crippen LogP contribution in [0.4, 0.5) is 4.79 Å². The van der Waals surface area contributed by atoms with Gasteiger partial charge >= 0.3 is 6.09 Å². The molecule has 4 heteroatoms. The van der Waals surface area contributed by atoms with Crippen LogP contribution in [0, 0.1) is 17.2 Å². The summed E-state index contributed by atoms with van der Waals surface area (Å²) in [5, 5.41) is 8.96. The predicted octanol–water partition coefficient (Wildman–Crippen LogP) is 1.93. The van der Waals surface area contributed by atoms with Crippen molar-refractivity contribution in [2.75, 3.05) is 7.05 Å². The molecule has 1 saturated heterocycles. The highest BCUT2D eigenvalue weighted by Crippen LogP contribution is 2.25. The third-order valence-corrected chi connectivity index (χ3v) is 2.69. The SMILES string of the molecule is C/C=C/C[C@@H](C)[C@H]1OC(=O)N(C)[C@@H]1C#N. The van der Waals surface area contributed by atoms with Gasteiger partial charge in [-0.05, 0) is 19.3 Å². The molecule has 1 fully saturated rings. The van der Waals surface area contributed by atoms with Gasteiger partial charge in [-0.15, -0.1) is 0 Å². The maximum absolute atomic E-state index is 11.3. The second kappa shape index (κ2) is 4.83. The number of likely N-dealkylation sites (N-methyl/N-ethyl adjacent to an activating group) is 1. The predicted molar refractivity (Wildman–Crippen MR) is 56.0 cm³/mol. The summed E-state index contributed by atoms with van der Waals surface area (Å²) in [4.78, 5) is 12.6. The van der Waals surface area contributed by atoms with Gasteiger partial charge in [0.25, 0.3) is 0 Å². The molecule has 1 aliphatic rings. The van der Waals surface area contributed by atoms with Gasteiger partial charge in [-0.3, -0.25) is 4.90 Å². The summed E-state index contributed by atoms with van der Waals surface area (Å²) >= 11 is 0. The largest absolute Gasteiger partial charge is 0.442 e. The van der Waals surface area contributed by atoms with Crippen LogP contribution in [-0.2, 0) is 4.74 Å². The van der Waals surface area contributed by atoms with Crippen molar-refractivity contribution in [3.05, 3.63) is 12.2 Å². The average Bonchev–Trinajstić information content (AvgIpc) is 2.52. The van der Waals surface area contributed by atoms with Crippen LogP contribution in [0.1, 0.15) is 20.3 Å². The highest BCUT2D eigenvalue weighted by molar-refractivity contribution is 5.71. The Kier molecular flexibility index (Phi) is 3.73. The van der Waals surface area contributed by atoms with Crippen LogP contribution in [0.25, 0.3) is 0 Å². The molecule has 0 spiro atoms. The van der Waals surface area contributed by atoms with Crippen LogP contribution in [0.3, 0.4) is 0 Å². The van der Waals surface area contributed by atoms with E-state index in [2.05, 4.69) is 6.07 Å². The van der Waals surface area contributed by atoms with Gasteiger partial charge in [-0.1, -0.05) is 19.1 Å². The van der Waals surface area contributed by atoms with Crippen molar-refractivity contribution in [1.29, 1.82) is 5.26 Å². The molecule has 0 aromatic carbocycles. The summed E-state index contributed by atoms with van der Waals surface area (Å²) in [6.07, 6.45) is 4.08. The molecule has 1 heterocycles. The van der Waals surface area contributed by atoms with Gasteiger partial charge in [0.1, 0.15) is 6.10 Å². The second-order valence-corrected chi connectivity index (χ2v) is 3.82. The van der Waals surface area contributed by atoms with Crippen LogP contribution < -0.4 is 0 Å². The number of nitriles is 1. The first-order valence-electron chi connectivity index (χ1n) is 5.06. The zero-order valence-corrected chi connectivity index (χ0v) is 9.30. The van der Waals surface area contributed by atoms with Crippen LogP contribution in [0.15, 0.2) is 12.2 Å². The van der Waals surface area contributed by atoms with Crippen LogP contribution in [0.2, 0.25) is 0 Å². The highest BCUT2D eigenvalue weighted by Gasteiger charge is 2.42. The summed E-state index contributed by atoms with van der Waals surface area (Å²) in [7, 11) is 1.60. The third kappa shape index (κ3) is 2.30. The Hall–Kier alpha value is -1.50. The molecular weight excluding hydrogens is 192 g/mol. The number of amides is 1. The minimum Gasteiger partial charge on any atom is -0.442 e. The van der Waals surface area contributed by atoms with E-state index in [1.54, 1.807) is 7.05 Å². The lowest BCUT2D eigenvalue weighted by molar-refractivity contribution is 0.103. The number of allylic oxidation sites excluding steroid dienone is 2. The fourth-order valence-corrected chi connectivity index (χ4v) is 1.67. The molecule has 15 heavy (non-hydrogen) atoms. The van der Waals surface area contributed by atoms with E-state index in [1.165, 1.54) is 4.90 Å². The number of nitrogens with zero attached hydrogens (tertiary/aromatic N) is 2. The van der Waals surface area contributed by atoms with Crippen molar-refractivity contribution < 1.29 is 9.53 Å². The van der Waals surface area contributed by atoms with Crippen molar-refractivity contribution in [2.24, 2.45) is 5.92 Å². The summed E-state index contributed by atoms with van der Waals surface area (Å²) in [6, 6.07) is 1.65. The lowest BCUT2D eigenvalue weighted by Crippen LogP contribution is -2.35. The van der Waals surface area contributed by atoms with E-state index in [-0.39, 0.29) is 12.0 Å². The number of hydrogen-bond acceptors (Lipinski definition) is 3. The molecule has 4 nitrogen and oxygen atoms in total. The first-order valence-corrected chi connectivity index (χ1v) is 5.06. The average molecular weight is 208 g/mol. The first-order chi connectivity index (χ1) is 7.11. The number of ether oxygens (including phenoxy) is 1. The Morgan fingerprint density at radius 3 is 2.93 bits per heavy atom. The van der Waals surface area contributed by atoms with E-state index in [1.807, 2.05) is 26.0 Å². The van der Waals surface area contributed by atoms with Gasteiger partial charge in [0.2, 0.25) is 0 Å². The fraction of sp³-hybridized carbons (Fsp3) is 0.636. The molecule has 0 unspecified atom stereocenters. The first kappa shape index (κ1) is 11.6. The normalized spacial score (nSPS) is 27.9. The van der Waals surface area contributed by atoms with E-state index < -0.39 is 12.1 Å². The van der Waals surface area contributed by atoms with Gasteiger partial charge in [0.05, 0.1) is 6.07 Å². The lowest BCUT2D eigenvalue weighted by atomic mass is 9.95. The number of carbonyl (C=O) groups is 1. The molecule has 1 rings (SSSR count).